The van der Waals surface area contributed by atoms with Gasteiger partial charge in [-0.05, 0) is 24.3 Å². The molecule has 4 rings (SSSR count). The molecule has 3 heterocycles. The highest BCUT2D eigenvalue weighted by Gasteiger charge is 2.28. The average Bonchev–Trinajstić information content (AvgIpc) is 3.30. The monoisotopic (exact) mass is 421 g/mol. The van der Waals surface area contributed by atoms with Gasteiger partial charge in [-0.2, -0.15) is 0 Å². The molecular formula is C19H20ClN3O4S. The third-order valence-electron chi connectivity index (χ3n) is 4.39. The smallest absolute Gasteiger partial charge is 0.260 e. The number of halogens is 1. The zero-order valence-electron chi connectivity index (χ0n) is 15.2. The first-order valence-corrected chi connectivity index (χ1v) is 10.1. The van der Waals surface area contributed by atoms with Crippen LogP contribution in [-0.4, -0.2) is 44.8 Å². The van der Waals surface area contributed by atoms with Crippen molar-refractivity contribution in [3.05, 3.63) is 46.0 Å². The lowest BCUT2D eigenvalue weighted by Gasteiger charge is -2.26. The Kier molecular flexibility index (Phi) is 5.70. The highest BCUT2D eigenvalue weighted by Crippen LogP contribution is 2.34. The van der Waals surface area contributed by atoms with Gasteiger partial charge in [0.2, 0.25) is 0 Å². The number of hydrogen-bond acceptors (Lipinski definition) is 7. The summed E-state index contributed by atoms with van der Waals surface area (Å²) in [4.78, 5) is 15.0. The maximum Gasteiger partial charge on any atom is 0.260 e. The number of anilines is 2. The van der Waals surface area contributed by atoms with E-state index in [1.165, 1.54) is 11.8 Å². The van der Waals surface area contributed by atoms with Gasteiger partial charge < -0.3 is 29.4 Å². The van der Waals surface area contributed by atoms with Gasteiger partial charge in [0, 0.05) is 30.3 Å². The number of furan rings is 1. The second kappa shape index (κ2) is 8.38. The van der Waals surface area contributed by atoms with Crippen molar-refractivity contribution < 1.29 is 18.7 Å². The van der Waals surface area contributed by atoms with E-state index in [2.05, 4.69) is 15.5 Å². The van der Waals surface area contributed by atoms with E-state index in [-0.39, 0.29) is 11.4 Å². The Labute approximate surface area is 172 Å². The molecule has 0 spiro atoms. The standard InChI is InChI=1S/C19H20ClN3O4S/c1-25-15-4-2-12(20)10-14(15)21-19-22-18(24)16(28-19)11-13-3-5-17(27-13)23-6-8-26-9-7-23/h2-5,10-11,19,21H,6-9H2,1H3,(H,22,24)/b16-11-. The molecule has 1 unspecified atom stereocenters. The number of benzene rings is 1. The molecule has 148 valence electrons. The van der Waals surface area contributed by atoms with Crippen LogP contribution in [0.25, 0.3) is 6.08 Å². The summed E-state index contributed by atoms with van der Waals surface area (Å²) < 4.78 is 16.6. The lowest BCUT2D eigenvalue weighted by molar-refractivity contribution is -0.116. The van der Waals surface area contributed by atoms with Crippen LogP contribution >= 0.6 is 23.4 Å². The van der Waals surface area contributed by atoms with E-state index in [0.29, 0.717) is 40.3 Å². The fourth-order valence-electron chi connectivity index (χ4n) is 3.00. The minimum Gasteiger partial charge on any atom is -0.495 e. The van der Waals surface area contributed by atoms with E-state index in [1.54, 1.807) is 31.4 Å². The molecule has 0 saturated carbocycles. The van der Waals surface area contributed by atoms with Gasteiger partial charge in [0.05, 0.1) is 30.9 Å². The van der Waals surface area contributed by atoms with Crippen LogP contribution in [0.1, 0.15) is 5.76 Å². The first-order chi connectivity index (χ1) is 13.6. The van der Waals surface area contributed by atoms with Gasteiger partial charge in [-0.25, -0.2) is 0 Å². The van der Waals surface area contributed by atoms with Crippen molar-refractivity contribution in [3.63, 3.8) is 0 Å². The van der Waals surface area contributed by atoms with Crippen molar-refractivity contribution in [3.8, 4) is 5.75 Å². The number of hydrogen-bond donors (Lipinski definition) is 2. The van der Waals surface area contributed by atoms with Gasteiger partial charge in [0.25, 0.3) is 5.91 Å². The van der Waals surface area contributed by atoms with Gasteiger partial charge in [0.1, 0.15) is 11.5 Å². The molecule has 0 radical (unpaired) electrons. The molecule has 2 fully saturated rings. The van der Waals surface area contributed by atoms with Crippen LogP contribution in [0, 0.1) is 0 Å². The van der Waals surface area contributed by atoms with Crippen molar-refractivity contribution in [2.45, 2.75) is 5.50 Å². The van der Waals surface area contributed by atoms with Crippen molar-refractivity contribution in [2.75, 3.05) is 43.6 Å². The normalized spacial score (nSPS) is 21.1. The minimum absolute atomic E-state index is 0.159. The van der Waals surface area contributed by atoms with Gasteiger partial charge in [0.15, 0.2) is 11.4 Å². The second-order valence-corrected chi connectivity index (χ2v) is 7.83. The molecular weight excluding hydrogens is 402 g/mol. The lowest BCUT2D eigenvalue weighted by Crippen LogP contribution is -2.35. The molecule has 1 aromatic carbocycles. The zero-order valence-corrected chi connectivity index (χ0v) is 16.8. The summed E-state index contributed by atoms with van der Waals surface area (Å²) in [6.45, 7) is 2.98. The average molecular weight is 422 g/mol. The quantitative estimate of drug-likeness (QED) is 0.716. The summed E-state index contributed by atoms with van der Waals surface area (Å²) >= 11 is 7.44. The highest BCUT2D eigenvalue weighted by atomic mass is 35.5. The molecule has 9 heteroatoms. The number of nitrogens with zero attached hydrogens (tertiary/aromatic N) is 1. The van der Waals surface area contributed by atoms with E-state index >= 15 is 0 Å². The predicted octanol–water partition coefficient (Wildman–Crippen LogP) is 3.38. The number of methoxy groups -OCH3 is 1. The number of thioether (sulfide) groups is 1. The van der Waals surface area contributed by atoms with Crippen LogP contribution in [-0.2, 0) is 9.53 Å². The molecule has 0 bridgehead atoms. The van der Waals surface area contributed by atoms with Gasteiger partial charge in [-0.15, -0.1) is 0 Å². The fourth-order valence-corrected chi connectivity index (χ4v) is 4.13. The maximum absolute atomic E-state index is 12.3. The molecule has 2 aromatic rings. The molecule has 1 atom stereocenters. The summed E-state index contributed by atoms with van der Waals surface area (Å²) in [5.41, 5.74) is 0.376. The Morgan fingerprint density at radius 3 is 2.93 bits per heavy atom. The predicted molar refractivity (Wildman–Crippen MR) is 111 cm³/mol. The lowest BCUT2D eigenvalue weighted by atomic mass is 10.3. The summed E-state index contributed by atoms with van der Waals surface area (Å²) in [6, 6.07) is 9.07. The largest absolute Gasteiger partial charge is 0.495 e. The SMILES string of the molecule is COc1ccc(Cl)cc1NC1NC(=O)/C(=C/c2ccc(N3CCOCC3)o2)S1. The summed E-state index contributed by atoms with van der Waals surface area (Å²) in [6.07, 6.45) is 1.75. The number of rotatable bonds is 5. The third kappa shape index (κ3) is 4.24. The Morgan fingerprint density at radius 2 is 2.14 bits per heavy atom. The molecule has 2 aliphatic rings. The number of ether oxygens (including phenoxy) is 2. The van der Waals surface area contributed by atoms with Gasteiger partial charge >= 0.3 is 0 Å². The summed E-state index contributed by atoms with van der Waals surface area (Å²) in [5.74, 6) is 1.92. The van der Waals surface area contributed by atoms with Crippen LogP contribution in [0.5, 0.6) is 5.75 Å². The second-order valence-electron chi connectivity index (χ2n) is 6.24. The van der Waals surface area contributed by atoms with E-state index in [9.17, 15) is 4.79 Å². The number of carbonyl (C=O) groups excluding carboxylic acids is 1. The number of morpholine rings is 1. The molecule has 2 saturated heterocycles. The van der Waals surface area contributed by atoms with Gasteiger partial charge in [-0.1, -0.05) is 23.4 Å². The molecule has 1 aromatic heterocycles. The Bertz CT molecular complexity index is 895. The minimum atomic E-state index is -0.334. The number of amides is 1. The van der Waals surface area contributed by atoms with Crippen molar-refractivity contribution in [2.24, 2.45) is 0 Å². The zero-order chi connectivity index (χ0) is 19.5. The Morgan fingerprint density at radius 1 is 1.32 bits per heavy atom. The van der Waals surface area contributed by atoms with Crippen LogP contribution in [0.4, 0.5) is 11.6 Å². The number of nitrogens with one attached hydrogen (secondary N) is 2. The van der Waals surface area contributed by atoms with E-state index in [1.807, 2.05) is 12.1 Å². The van der Waals surface area contributed by atoms with Crippen molar-refractivity contribution >= 4 is 46.9 Å². The Hall–Kier alpha value is -2.29. The number of carbonyl (C=O) groups is 1. The van der Waals surface area contributed by atoms with Crippen LogP contribution < -0.4 is 20.3 Å². The summed E-state index contributed by atoms with van der Waals surface area (Å²) in [7, 11) is 1.59. The molecule has 0 aliphatic carbocycles. The van der Waals surface area contributed by atoms with Crippen molar-refractivity contribution in [1.82, 2.24) is 5.32 Å². The third-order valence-corrected chi connectivity index (χ3v) is 5.65. The van der Waals surface area contributed by atoms with Crippen LogP contribution in [0.15, 0.2) is 39.7 Å². The molecule has 7 nitrogen and oxygen atoms in total. The van der Waals surface area contributed by atoms with E-state index in [4.69, 9.17) is 25.5 Å². The first kappa shape index (κ1) is 19.0. The van der Waals surface area contributed by atoms with E-state index < -0.39 is 0 Å². The Balaban J connectivity index is 1.45. The summed E-state index contributed by atoms with van der Waals surface area (Å²) in [5, 5.41) is 6.71. The van der Waals surface area contributed by atoms with E-state index in [0.717, 1.165) is 19.0 Å². The van der Waals surface area contributed by atoms with Crippen LogP contribution in [0.2, 0.25) is 5.02 Å². The fraction of sp³-hybridized carbons (Fsp3) is 0.316. The van der Waals surface area contributed by atoms with Crippen molar-refractivity contribution in [1.29, 1.82) is 0 Å². The highest BCUT2D eigenvalue weighted by molar-refractivity contribution is 8.05. The van der Waals surface area contributed by atoms with Crippen LogP contribution in [0.3, 0.4) is 0 Å². The molecule has 2 aliphatic heterocycles. The molecule has 1 amide bonds. The molecule has 2 N–H and O–H groups in total. The molecule has 28 heavy (non-hydrogen) atoms. The topological polar surface area (TPSA) is 76.0 Å². The van der Waals surface area contributed by atoms with Gasteiger partial charge in [-0.3, -0.25) is 4.79 Å². The first-order valence-electron chi connectivity index (χ1n) is 8.84. The maximum atomic E-state index is 12.3.